The van der Waals surface area contributed by atoms with Crippen LogP contribution in [-0.4, -0.2) is 58.4 Å². The van der Waals surface area contributed by atoms with Gasteiger partial charge in [-0.05, 0) is 30.2 Å². The molecule has 142 valence electrons. The molecule has 0 bridgehead atoms. The van der Waals surface area contributed by atoms with Gasteiger partial charge in [-0.2, -0.15) is 0 Å². The number of benzene rings is 1. The van der Waals surface area contributed by atoms with Crippen LogP contribution in [0.1, 0.15) is 30.6 Å². The largest absolute Gasteiger partial charge is 0.480 e. The Morgan fingerprint density at radius 1 is 1.46 bits per heavy atom. The van der Waals surface area contributed by atoms with Crippen LogP contribution in [0.3, 0.4) is 0 Å². The van der Waals surface area contributed by atoms with E-state index in [1.807, 2.05) is 0 Å². The van der Waals surface area contributed by atoms with Gasteiger partial charge < -0.3 is 14.7 Å². The summed E-state index contributed by atoms with van der Waals surface area (Å²) in [5, 5.41) is 20.6. The van der Waals surface area contributed by atoms with E-state index in [2.05, 4.69) is 13.8 Å². The number of nitro groups is 1. The zero-order chi connectivity index (χ0) is 19.3. The van der Waals surface area contributed by atoms with E-state index in [0.717, 1.165) is 12.2 Å². The highest BCUT2D eigenvalue weighted by Crippen LogP contribution is 2.31. The molecule has 2 rings (SSSR count). The first kappa shape index (κ1) is 20.2. The summed E-state index contributed by atoms with van der Waals surface area (Å²) in [4.78, 5) is 36.6. The highest BCUT2D eigenvalue weighted by atomic mass is 32.2. The van der Waals surface area contributed by atoms with Crippen LogP contribution in [0.5, 0.6) is 0 Å². The van der Waals surface area contributed by atoms with Crippen molar-refractivity contribution in [1.29, 1.82) is 0 Å². The molecule has 1 amide bonds. The van der Waals surface area contributed by atoms with Crippen LogP contribution in [0.25, 0.3) is 0 Å². The van der Waals surface area contributed by atoms with Gasteiger partial charge in [-0.15, -0.1) is 11.8 Å². The maximum Gasteiger partial charge on any atom is 0.328 e. The lowest BCUT2D eigenvalue weighted by Crippen LogP contribution is -2.52. The van der Waals surface area contributed by atoms with E-state index in [1.165, 1.54) is 28.8 Å². The summed E-state index contributed by atoms with van der Waals surface area (Å²) in [5.74, 6) is -0.455. The second-order valence-electron chi connectivity index (χ2n) is 6.40. The lowest BCUT2D eigenvalue weighted by Gasteiger charge is -2.32. The third kappa shape index (κ3) is 4.95. The lowest BCUT2D eigenvalue weighted by atomic mass is 10.1. The molecule has 1 aliphatic heterocycles. The number of carboxylic acids is 1. The molecule has 1 unspecified atom stereocenters. The van der Waals surface area contributed by atoms with E-state index < -0.39 is 22.8 Å². The topological polar surface area (TPSA) is 110 Å². The van der Waals surface area contributed by atoms with Crippen molar-refractivity contribution in [2.45, 2.75) is 31.2 Å². The monoisotopic (exact) mass is 382 g/mol. The molecule has 1 N–H and O–H groups in total. The number of amides is 1. The normalized spacial score (nSPS) is 17.3. The van der Waals surface area contributed by atoms with Gasteiger partial charge in [-0.3, -0.25) is 14.9 Å². The van der Waals surface area contributed by atoms with Crippen LogP contribution in [-0.2, 0) is 9.53 Å². The molecule has 0 aromatic heterocycles. The van der Waals surface area contributed by atoms with Crippen molar-refractivity contribution in [3.63, 3.8) is 0 Å². The van der Waals surface area contributed by atoms with Crippen molar-refractivity contribution in [2.75, 3.05) is 25.5 Å². The number of nitrogens with zero attached hydrogens (tertiary/aromatic N) is 2. The first-order valence-corrected chi connectivity index (χ1v) is 9.32. The van der Waals surface area contributed by atoms with E-state index in [9.17, 15) is 24.8 Å². The van der Waals surface area contributed by atoms with Crippen molar-refractivity contribution >= 4 is 29.3 Å². The Morgan fingerprint density at radius 3 is 2.81 bits per heavy atom. The van der Waals surface area contributed by atoms with Gasteiger partial charge in [0.25, 0.3) is 11.6 Å². The molecule has 8 nitrogen and oxygen atoms in total. The number of carboxylic acid groups (broad SMARTS) is 1. The number of aliphatic carboxylic acids is 1. The van der Waals surface area contributed by atoms with Crippen molar-refractivity contribution in [1.82, 2.24) is 4.90 Å². The fourth-order valence-electron chi connectivity index (χ4n) is 2.54. The minimum Gasteiger partial charge on any atom is -0.480 e. The Labute approximate surface area is 155 Å². The van der Waals surface area contributed by atoms with E-state index in [-0.39, 0.29) is 31.0 Å². The third-order valence-electron chi connectivity index (χ3n) is 4.03. The Balaban J connectivity index is 2.23. The van der Waals surface area contributed by atoms with E-state index >= 15 is 0 Å². The predicted octanol–water partition coefficient (Wildman–Crippen LogP) is 2.66. The summed E-state index contributed by atoms with van der Waals surface area (Å²) < 4.78 is 5.12. The second kappa shape index (κ2) is 9.00. The summed E-state index contributed by atoms with van der Waals surface area (Å²) in [6.07, 6.45) is 0.927. The highest BCUT2D eigenvalue weighted by molar-refractivity contribution is 7.99. The molecular weight excluding hydrogens is 360 g/mol. The number of hydrogen-bond donors (Lipinski definition) is 1. The van der Waals surface area contributed by atoms with Crippen LogP contribution in [0, 0.1) is 16.0 Å². The molecule has 1 aromatic carbocycles. The van der Waals surface area contributed by atoms with Gasteiger partial charge in [0.15, 0.2) is 6.04 Å². The Hall–Kier alpha value is -2.13. The molecule has 1 fully saturated rings. The van der Waals surface area contributed by atoms with Crippen molar-refractivity contribution in [3.05, 3.63) is 33.9 Å². The molecule has 1 heterocycles. The summed E-state index contributed by atoms with van der Waals surface area (Å²) in [5.41, 5.74) is -0.0252. The van der Waals surface area contributed by atoms with Crippen molar-refractivity contribution in [2.24, 2.45) is 5.92 Å². The van der Waals surface area contributed by atoms with Gasteiger partial charge >= 0.3 is 5.97 Å². The van der Waals surface area contributed by atoms with Gasteiger partial charge in [0.1, 0.15) is 0 Å². The van der Waals surface area contributed by atoms with E-state index in [4.69, 9.17) is 4.74 Å². The fraction of sp³-hybridized carbons (Fsp3) is 0.529. The van der Waals surface area contributed by atoms with Gasteiger partial charge in [0.2, 0.25) is 0 Å². The molecule has 1 aliphatic rings. The maximum absolute atomic E-state index is 12.7. The minimum absolute atomic E-state index is 0.0910. The Kier molecular flexibility index (Phi) is 6.98. The molecule has 0 spiro atoms. The van der Waals surface area contributed by atoms with Crippen LogP contribution in [0.4, 0.5) is 5.69 Å². The SMILES string of the molecule is CC(C)CCSc1ccc(C(=O)N2CCOCC2C(=O)O)cc1[N+](=O)[O-]. The molecule has 0 radical (unpaired) electrons. The molecule has 26 heavy (non-hydrogen) atoms. The number of ether oxygens (including phenoxy) is 1. The molecule has 9 heteroatoms. The number of carbonyl (C=O) groups excluding carboxylic acids is 1. The summed E-state index contributed by atoms with van der Waals surface area (Å²) in [6, 6.07) is 3.22. The summed E-state index contributed by atoms with van der Waals surface area (Å²) in [6.45, 7) is 4.44. The summed E-state index contributed by atoms with van der Waals surface area (Å²) >= 11 is 1.38. The van der Waals surface area contributed by atoms with Crippen molar-refractivity contribution in [3.8, 4) is 0 Å². The molecule has 0 aliphatic carbocycles. The lowest BCUT2D eigenvalue weighted by molar-refractivity contribution is -0.387. The zero-order valence-electron chi connectivity index (χ0n) is 14.7. The van der Waals surface area contributed by atoms with Crippen molar-refractivity contribution < 1.29 is 24.4 Å². The van der Waals surface area contributed by atoms with E-state index in [0.29, 0.717) is 10.8 Å². The quantitative estimate of drug-likeness (QED) is 0.438. The first-order chi connectivity index (χ1) is 12.3. The minimum atomic E-state index is -1.16. The smallest absolute Gasteiger partial charge is 0.328 e. The maximum atomic E-state index is 12.7. The van der Waals surface area contributed by atoms with Gasteiger partial charge in [-0.1, -0.05) is 13.8 Å². The van der Waals surface area contributed by atoms with E-state index in [1.54, 1.807) is 6.07 Å². The summed E-state index contributed by atoms with van der Waals surface area (Å²) in [7, 11) is 0. The number of rotatable bonds is 7. The van der Waals surface area contributed by atoms with Crippen LogP contribution in [0.15, 0.2) is 23.1 Å². The van der Waals surface area contributed by atoms with Crippen LogP contribution >= 0.6 is 11.8 Å². The molecular formula is C17H22N2O6S. The first-order valence-electron chi connectivity index (χ1n) is 8.34. The van der Waals surface area contributed by atoms with Gasteiger partial charge in [0.05, 0.1) is 23.0 Å². The third-order valence-corrected chi connectivity index (χ3v) is 5.13. The second-order valence-corrected chi connectivity index (χ2v) is 7.53. The zero-order valence-corrected chi connectivity index (χ0v) is 15.5. The Morgan fingerprint density at radius 2 is 2.19 bits per heavy atom. The molecule has 0 saturated carbocycles. The van der Waals surface area contributed by atoms with Gasteiger partial charge in [-0.25, -0.2) is 4.79 Å². The number of morpholine rings is 1. The number of nitro benzene ring substituents is 1. The number of carbonyl (C=O) groups is 2. The Bertz CT molecular complexity index is 694. The standard InChI is InChI=1S/C17H22N2O6S/c1-11(2)5-8-26-15-4-3-12(9-13(15)19(23)24)16(20)18-6-7-25-10-14(18)17(21)22/h3-4,9,11,14H,5-8,10H2,1-2H3,(H,21,22). The number of thioether (sulfide) groups is 1. The molecule has 1 atom stereocenters. The average molecular weight is 382 g/mol. The average Bonchev–Trinajstić information content (AvgIpc) is 2.60. The predicted molar refractivity (Wildman–Crippen MR) is 96.6 cm³/mol. The molecule has 1 saturated heterocycles. The fourth-order valence-corrected chi connectivity index (χ4v) is 3.79. The highest BCUT2D eigenvalue weighted by Gasteiger charge is 2.34. The molecule has 1 aromatic rings. The van der Waals surface area contributed by atoms with Crippen LogP contribution < -0.4 is 0 Å². The number of hydrogen-bond acceptors (Lipinski definition) is 6. The van der Waals surface area contributed by atoms with Gasteiger partial charge in [0, 0.05) is 18.2 Å². The van der Waals surface area contributed by atoms with Crippen LogP contribution in [0.2, 0.25) is 0 Å².